The van der Waals surface area contributed by atoms with E-state index in [0.29, 0.717) is 12.3 Å². The number of rotatable bonds is 2. The molecule has 0 N–H and O–H groups in total. The average Bonchev–Trinajstić information content (AvgIpc) is 2.83. The van der Waals surface area contributed by atoms with Crippen LogP contribution in [0.15, 0.2) is 0 Å². The lowest BCUT2D eigenvalue weighted by Gasteiger charge is -2.36. The van der Waals surface area contributed by atoms with Crippen LogP contribution in [0.1, 0.15) is 33.1 Å². The van der Waals surface area contributed by atoms with E-state index in [-0.39, 0.29) is 29.9 Å². The monoisotopic (exact) mass is 224 g/mol. The summed E-state index contributed by atoms with van der Waals surface area (Å²) < 4.78 is 10.9. The molecule has 0 spiro atoms. The highest BCUT2D eigenvalue weighted by atomic mass is 16.6. The molecule has 4 nitrogen and oxygen atoms in total. The lowest BCUT2D eigenvalue weighted by atomic mass is 9.79. The lowest BCUT2D eigenvalue weighted by molar-refractivity contribution is -0.179. The van der Waals surface area contributed by atoms with Crippen molar-refractivity contribution in [2.45, 2.75) is 44.8 Å². The van der Waals surface area contributed by atoms with Gasteiger partial charge in [0, 0.05) is 18.3 Å². The Morgan fingerprint density at radius 1 is 1.56 bits per heavy atom. The van der Waals surface area contributed by atoms with Crippen LogP contribution >= 0.6 is 0 Å². The molecule has 5 unspecified atom stereocenters. The summed E-state index contributed by atoms with van der Waals surface area (Å²) in [5.74, 6) is 0.369. The Morgan fingerprint density at radius 2 is 2.31 bits per heavy atom. The molecular weight excluding hydrogens is 208 g/mol. The Bertz CT molecular complexity index is 364. The van der Waals surface area contributed by atoms with Crippen molar-refractivity contribution in [3.63, 3.8) is 0 Å². The molecule has 1 saturated heterocycles. The first-order valence-corrected chi connectivity index (χ1v) is 5.98. The molecule has 2 bridgehead atoms. The summed E-state index contributed by atoms with van der Waals surface area (Å²) in [4.78, 5) is 23.0. The van der Waals surface area contributed by atoms with Gasteiger partial charge in [-0.1, -0.05) is 6.92 Å². The molecule has 1 heterocycles. The van der Waals surface area contributed by atoms with Crippen molar-refractivity contribution in [1.82, 2.24) is 0 Å². The molecule has 0 aromatic carbocycles. The zero-order valence-corrected chi connectivity index (χ0v) is 9.56. The zero-order chi connectivity index (χ0) is 11.5. The third-order valence-corrected chi connectivity index (χ3v) is 4.54. The second kappa shape index (κ2) is 2.99. The summed E-state index contributed by atoms with van der Waals surface area (Å²) >= 11 is 0. The predicted molar refractivity (Wildman–Crippen MR) is 54.4 cm³/mol. The van der Waals surface area contributed by atoms with Gasteiger partial charge in [-0.15, -0.1) is 0 Å². The maximum atomic E-state index is 11.6. The zero-order valence-electron chi connectivity index (χ0n) is 9.56. The first-order chi connectivity index (χ1) is 7.56. The van der Waals surface area contributed by atoms with Gasteiger partial charge in [0.2, 0.25) is 0 Å². The second-order valence-electron chi connectivity index (χ2n) is 5.31. The molecule has 1 aliphatic heterocycles. The maximum absolute atomic E-state index is 11.6. The highest BCUT2D eigenvalue weighted by molar-refractivity contribution is 5.77. The van der Waals surface area contributed by atoms with E-state index in [9.17, 15) is 9.59 Å². The van der Waals surface area contributed by atoms with Crippen molar-refractivity contribution in [1.29, 1.82) is 0 Å². The first-order valence-electron chi connectivity index (χ1n) is 5.98. The highest BCUT2D eigenvalue weighted by Gasteiger charge is 2.69. The predicted octanol–water partition coefficient (Wildman–Crippen LogP) is 1.28. The van der Waals surface area contributed by atoms with Gasteiger partial charge in [0.05, 0.1) is 5.92 Å². The second-order valence-corrected chi connectivity index (χ2v) is 5.31. The molecule has 16 heavy (non-hydrogen) atoms. The van der Waals surface area contributed by atoms with Crippen LogP contribution in [0.3, 0.4) is 0 Å². The summed E-state index contributed by atoms with van der Waals surface area (Å²) in [5, 5.41) is 0. The Kier molecular flexibility index (Phi) is 1.89. The van der Waals surface area contributed by atoms with Gasteiger partial charge in [0.1, 0.15) is 11.7 Å². The van der Waals surface area contributed by atoms with Crippen LogP contribution in [-0.2, 0) is 19.1 Å². The minimum Gasteiger partial charge on any atom is -0.458 e. The number of ether oxygens (including phenoxy) is 2. The van der Waals surface area contributed by atoms with Gasteiger partial charge in [-0.2, -0.15) is 0 Å². The van der Waals surface area contributed by atoms with Crippen molar-refractivity contribution in [2.24, 2.45) is 17.8 Å². The van der Waals surface area contributed by atoms with Gasteiger partial charge >= 0.3 is 11.9 Å². The molecule has 0 radical (unpaired) electrons. The van der Waals surface area contributed by atoms with Crippen LogP contribution < -0.4 is 0 Å². The van der Waals surface area contributed by atoms with Crippen LogP contribution in [0.4, 0.5) is 0 Å². The minimum atomic E-state index is -0.569. The summed E-state index contributed by atoms with van der Waals surface area (Å²) in [6.07, 6.45) is 1.97. The quantitative estimate of drug-likeness (QED) is 0.663. The van der Waals surface area contributed by atoms with E-state index in [1.165, 1.54) is 0 Å². The van der Waals surface area contributed by atoms with Gasteiger partial charge in [0.15, 0.2) is 0 Å². The number of esters is 2. The van der Waals surface area contributed by atoms with Gasteiger partial charge in [-0.25, -0.2) is 0 Å². The average molecular weight is 224 g/mol. The number of hydrogen-bond donors (Lipinski definition) is 0. The molecule has 0 amide bonds. The maximum Gasteiger partial charge on any atom is 0.309 e. The molecule has 5 atom stereocenters. The van der Waals surface area contributed by atoms with E-state index in [0.717, 1.165) is 12.8 Å². The molecule has 0 aromatic heterocycles. The van der Waals surface area contributed by atoms with Crippen molar-refractivity contribution < 1.29 is 19.1 Å². The van der Waals surface area contributed by atoms with Crippen LogP contribution in [0.2, 0.25) is 0 Å². The van der Waals surface area contributed by atoms with Crippen molar-refractivity contribution >= 4 is 11.9 Å². The normalized spacial score (nSPS) is 48.2. The van der Waals surface area contributed by atoms with Gasteiger partial charge < -0.3 is 9.47 Å². The Hall–Kier alpha value is -1.06. The Balaban J connectivity index is 1.88. The molecule has 2 saturated carbocycles. The van der Waals surface area contributed by atoms with Gasteiger partial charge in [-0.05, 0) is 19.8 Å². The third kappa shape index (κ3) is 1.05. The Morgan fingerprint density at radius 3 is 3.00 bits per heavy atom. The number of hydrogen-bond acceptors (Lipinski definition) is 4. The minimum absolute atomic E-state index is 0.0726. The van der Waals surface area contributed by atoms with Crippen molar-refractivity contribution in [3.05, 3.63) is 0 Å². The number of carbonyl (C=O) groups excluding carboxylic acids is 2. The fourth-order valence-electron chi connectivity index (χ4n) is 3.68. The van der Waals surface area contributed by atoms with Crippen LogP contribution in [0.25, 0.3) is 0 Å². The van der Waals surface area contributed by atoms with E-state index in [4.69, 9.17) is 9.47 Å². The molecule has 4 heteroatoms. The van der Waals surface area contributed by atoms with E-state index < -0.39 is 5.60 Å². The van der Waals surface area contributed by atoms with Crippen LogP contribution in [0, 0.1) is 17.8 Å². The molecule has 88 valence electrons. The molecule has 3 aliphatic rings. The van der Waals surface area contributed by atoms with E-state index in [2.05, 4.69) is 0 Å². The Labute approximate surface area is 94.3 Å². The number of carbonyl (C=O) groups is 2. The highest BCUT2D eigenvalue weighted by Crippen LogP contribution is 2.60. The lowest BCUT2D eigenvalue weighted by Crippen LogP contribution is -2.47. The smallest absolute Gasteiger partial charge is 0.309 e. The fraction of sp³-hybridized carbons (Fsp3) is 0.833. The van der Waals surface area contributed by atoms with Crippen molar-refractivity contribution in [3.8, 4) is 0 Å². The summed E-state index contributed by atoms with van der Waals surface area (Å²) in [7, 11) is 0. The van der Waals surface area contributed by atoms with Crippen LogP contribution in [-0.4, -0.2) is 23.6 Å². The summed E-state index contributed by atoms with van der Waals surface area (Å²) in [6, 6.07) is 0. The molecule has 0 aromatic rings. The standard InChI is InChI=1S/C12H16O4/c1-3-9(13)16-12(2)6-4-7-8(5-6)11(14)15-10(7)12/h6-8,10H,3-5H2,1-2H3. The van der Waals surface area contributed by atoms with Crippen LogP contribution in [0.5, 0.6) is 0 Å². The molecule has 2 aliphatic carbocycles. The summed E-state index contributed by atoms with van der Waals surface area (Å²) in [5.41, 5.74) is -0.569. The third-order valence-electron chi connectivity index (χ3n) is 4.54. The van der Waals surface area contributed by atoms with E-state index >= 15 is 0 Å². The molecule has 3 fully saturated rings. The van der Waals surface area contributed by atoms with E-state index in [1.807, 2.05) is 6.92 Å². The van der Waals surface area contributed by atoms with Gasteiger partial charge in [-0.3, -0.25) is 9.59 Å². The molecular formula is C12H16O4. The number of fused-ring (bicyclic) bond motifs is 1. The topological polar surface area (TPSA) is 52.6 Å². The molecule has 3 rings (SSSR count). The SMILES string of the molecule is CCC(=O)OC1(C)C2CC3C(=O)OC1C3C2. The first kappa shape index (κ1) is 10.1. The summed E-state index contributed by atoms with van der Waals surface area (Å²) in [6.45, 7) is 3.70. The van der Waals surface area contributed by atoms with Gasteiger partial charge in [0.25, 0.3) is 0 Å². The van der Waals surface area contributed by atoms with Crippen molar-refractivity contribution in [2.75, 3.05) is 0 Å². The van der Waals surface area contributed by atoms with E-state index in [1.54, 1.807) is 6.92 Å². The largest absolute Gasteiger partial charge is 0.458 e. The fourth-order valence-corrected chi connectivity index (χ4v) is 3.68.